The second kappa shape index (κ2) is 18.0. The third-order valence-electron chi connectivity index (χ3n) is 6.39. The summed E-state index contributed by atoms with van der Waals surface area (Å²) in [5, 5.41) is 17.6. The van der Waals surface area contributed by atoms with Gasteiger partial charge < -0.3 is 49.0 Å². The molecule has 2 aromatic rings. The molecular formula is C27H42N10O5. The molecule has 1 aromatic heterocycles. The topological polar surface area (TPSA) is 270 Å². The lowest BCUT2D eigenvalue weighted by atomic mass is 10.0. The number of nitrogens with one attached hydrogen (secondary N) is 4. The smallest absolute Gasteiger partial charge is 0.326 e. The Morgan fingerprint density at radius 2 is 1.55 bits per heavy atom. The molecule has 0 bridgehead atoms. The number of aliphatic carboxylic acids is 1. The van der Waals surface area contributed by atoms with Gasteiger partial charge in [0.2, 0.25) is 17.7 Å². The largest absolute Gasteiger partial charge is 0.480 e. The van der Waals surface area contributed by atoms with Crippen LogP contribution in [0.4, 0.5) is 0 Å². The lowest BCUT2D eigenvalue weighted by Crippen LogP contribution is -2.57. The second-order valence-corrected chi connectivity index (χ2v) is 9.83. The standard InChI is InChI=1S/C27H42N10O5/c28-11-5-4-9-19(29)23(38)35-20(10-6-12-33-27(30)31)24(39)36-21(13-17-7-2-1-3-8-17)25(40)37-22(26(41)42)14-18-15-32-16-34-18/h1-3,7-8,15-16,19-22H,4-6,9-14,28-29H2,(H,32,34)(H,35,38)(H,36,39)(H,37,40)(H,41,42)(H4,30,31,33). The van der Waals surface area contributed by atoms with E-state index in [0.29, 0.717) is 37.9 Å². The fraction of sp³-hybridized carbons (Fsp3) is 0.481. The SMILES string of the molecule is NCCCCC(N)C(=O)NC(CCCN=C(N)N)C(=O)NC(Cc1ccccc1)C(=O)NC(Cc1cnc[nH]1)C(=O)O. The van der Waals surface area contributed by atoms with Crippen LogP contribution in [0, 0.1) is 0 Å². The zero-order valence-electron chi connectivity index (χ0n) is 23.5. The number of amides is 3. The fourth-order valence-electron chi connectivity index (χ4n) is 4.11. The van der Waals surface area contributed by atoms with Gasteiger partial charge in [0.15, 0.2) is 5.96 Å². The van der Waals surface area contributed by atoms with Crippen molar-refractivity contribution in [1.29, 1.82) is 0 Å². The van der Waals surface area contributed by atoms with Crippen LogP contribution in [-0.2, 0) is 32.0 Å². The van der Waals surface area contributed by atoms with Gasteiger partial charge in [0.25, 0.3) is 0 Å². The molecule has 1 aromatic carbocycles. The summed E-state index contributed by atoms with van der Waals surface area (Å²) < 4.78 is 0. The summed E-state index contributed by atoms with van der Waals surface area (Å²) in [7, 11) is 0. The molecule has 42 heavy (non-hydrogen) atoms. The highest BCUT2D eigenvalue weighted by molar-refractivity contribution is 5.94. The van der Waals surface area contributed by atoms with Gasteiger partial charge in [-0.2, -0.15) is 0 Å². The lowest BCUT2D eigenvalue weighted by molar-refractivity contribution is -0.142. The number of guanidine groups is 1. The van der Waals surface area contributed by atoms with Crippen molar-refractivity contribution in [1.82, 2.24) is 25.9 Å². The summed E-state index contributed by atoms with van der Waals surface area (Å²) in [5.74, 6) is -3.23. The minimum atomic E-state index is -1.28. The van der Waals surface area contributed by atoms with Crippen molar-refractivity contribution in [3.8, 4) is 0 Å². The molecule has 3 amide bonds. The maximum atomic E-state index is 13.5. The first-order valence-corrected chi connectivity index (χ1v) is 13.8. The molecule has 4 unspecified atom stereocenters. The molecule has 0 radical (unpaired) electrons. The molecule has 15 nitrogen and oxygen atoms in total. The van der Waals surface area contributed by atoms with Crippen molar-refractivity contribution in [3.63, 3.8) is 0 Å². The third kappa shape index (κ3) is 12.3. The molecule has 0 aliphatic heterocycles. The van der Waals surface area contributed by atoms with Gasteiger partial charge in [-0.15, -0.1) is 0 Å². The highest BCUT2D eigenvalue weighted by Crippen LogP contribution is 2.08. The number of aromatic nitrogens is 2. The summed E-state index contributed by atoms with van der Waals surface area (Å²) in [4.78, 5) is 62.2. The lowest BCUT2D eigenvalue weighted by Gasteiger charge is -2.25. The van der Waals surface area contributed by atoms with Crippen LogP contribution >= 0.6 is 0 Å². The van der Waals surface area contributed by atoms with E-state index < -0.39 is 47.9 Å². The molecule has 13 N–H and O–H groups in total. The number of rotatable bonds is 19. The van der Waals surface area contributed by atoms with Crippen LogP contribution in [0.2, 0.25) is 0 Å². The number of hydrogen-bond donors (Lipinski definition) is 9. The Bertz CT molecular complexity index is 1160. The number of aliphatic imine (C=N–C) groups is 1. The van der Waals surface area contributed by atoms with Gasteiger partial charge in [-0.05, 0) is 37.8 Å². The molecule has 15 heteroatoms. The minimum Gasteiger partial charge on any atom is -0.480 e. The van der Waals surface area contributed by atoms with Crippen LogP contribution in [0.25, 0.3) is 0 Å². The van der Waals surface area contributed by atoms with Gasteiger partial charge in [-0.3, -0.25) is 19.4 Å². The number of carbonyl (C=O) groups is 4. The second-order valence-electron chi connectivity index (χ2n) is 9.83. The number of carboxylic acid groups (broad SMARTS) is 1. The Morgan fingerprint density at radius 3 is 2.17 bits per heavy atom. The van der Waals surface area contributed by atoms with E-state index in [1.807, 2.05) is 0 Å². The number of aromatic amines is 1. The van der Waals surface area contributed by atoms with Gasteiger partial charge in [0.1, 0.15) is 18.1 Å². The minimum absolute atomic E-state index is 0.0431. The van der Waals surface area contributed by atoms with Crippen LogP contribution in [-0.4, -0.2) is 82.0 Å². The maximum absolute atomic E-state index is 13.5. The van der Waals surface area contributed by atoms with E-state index in [1.165, 1.54) is 12.5 Å². The van der Waals surface area contributed by atoms with Crippen molar-refractivity contribution in [2.75, 3.05) is 13.1 Å². The molecule has 0 spiro atoms. The number of hydrogen-bond acceptors (Lipinski definition) is 8. The predicted octanol–water partition coefficient (Wildman–Crippen LogP) is -1.76. The van der Waals surface area contributed by atoms with Crippen molar-refractivity contribution in [2.45, 2.75) is 69.1 Å². The van der Waals surface area contributed by atoms with Crippen LogP contribution in [0.1, 0.15) is 43.4 Å². The number of unbranched alkanes of at least 4 members (excludes halogenated alkanes) is 1. The Balaban J connectivity index is 2.22. The van der Waals surface area contributed by atoms with E-state index >= 15 is 0 Å². The molecule has 0 saturated carbocycles. The number of carboxylic acids is 1. The Hall–Kier alpha value is -4.50. The van der Waals surface area contributed by atoms with Crippen LogP contribution in [0.5, 0.6) is 0 Å². The molecule has 0 saturated heterocycles. The zero-order valence-corrected chi connectivity index (χ0v) is 23.5. The quantitative estimate of drug-likeness (QED) is 0.0508. The number of carbonyl (C=O) groups excluding carboxylic acids is 3. The molecule has 1 heterocycles. The van der Waals surface area contributed by atoms with E-state index in [4.69, 9.17) is 22.9 Å². The molecule has 230 valence electrons. The van der Waals surface area contributed by atoms with Crippen LogP contribution in [0.3, 0.4) is 0 Å². The fourth-order valence-corrected chi connectivity index (χ4v) is 4.11. The first-order chi connectivity index (χ1) is 20.1. The molecular weight excluding hydrogens is 544 g/mol. The monoisotopic (exact) mass is 586 g/mol. The third-order valence-corrected chi connectivity index (χ3v) is 6.39. The molecule has 0 aliphatic rings. The van der Waals surface area contributed by atoms with Gasteiger partial charge in [0, 0.05) is 31.3 Å². The van der Waals surface area contributed by atoms with Crippen LogP contribution < -0.4 is 38.9 Å². The molecule has 4 atom stereocenters. The normalized spacial score (nSPS) is 13.7. The number of imidazole rings is 1. The number of benzene rings is 1. The average Bonchev–Trinajstić information content (AvgIpc) is 3.47. The highest BCUT2D eigenvalue weighted by atomic mass is 16.4. The van der Waals surface area contributed by atoms with Gasteiger partial charge in [-0.25, -0.2) is 9.78 Å². The van der Waals surface area contributed by atoms with E-state index in [-0.39, 0.29) is 31.8 Å². The molecule has 0 fully saturated rings. The van der Waals surface area contributed by atoms with Crippen molar-refractivity contribution < 1.29 is 24.3 Å². The van der Waals surface area contributed by atoms with Crippen molar-refractivity contribution >= 4 is 29.7 Å². The van der Waals surface area contributed by atoms with Crippen LogP contribution in [0.15, 0.2) is 47.8 Å². The maximum Gasteiger partial charge on any atom is 0.326 e. The zero-order chi connectivity index (χ0) is 30.9. The first-order valence-electron chi connectivity index (χ1n) is 13.8. The number of H-pyrrole nitrogens is 1. The van der Waals surface area contributed by atoms with E-state index in [0.717, 1.165) is 5.56 Å². The Kier molecular flexibility index (Phi) is 14.5. The molecule has 2 rings (SSSR count). The average molecular weight is 587 g/mol. The van der Waals surface area contributed by atoms with Crippen molar-refractivity contribution in [2.24, 2.45) is 27.9 Å². The summed E-state index contributed by atoms with van der Waals surface area (Å²) in [6.45, 7) is 0.687. The van der Waals surface area contributed by atoms with E-state index in [1.54, 1.807) is 30.3 Å². The van der Waals surface area contributed by atoms with E-state index in [9.17, 15) is 24.3 Å². The Labute approximate surface area is 244 Å². The summed E-state index contributed by atoms with van der Waals surface area (Å²) in [5.41, 5.74) is 23.6. The number of nitrogens with two attached hydrogens (primary N) is 4. The molecule has 0 aliphatic carbocycles. The summed E-state index contributed by atoms with van der Waals surface area (Å²) in [6, 6.07) is 4.58. The van der Waals surface area contributed by atoms with Gasteiger partial charge >= 0.3 is 5.97 Å². The first kappa shape index (κ1) is 33.7. The van der Waals surface area contributed by atoms with E-state index in [2.05, 4.69) is 30.9 Å². The van der Waals surface area contributed by atoms with Gasteiger partial charge in [0.05, 0.1) is 12.4 Å². The summed E-state index contributed by atoms with van der Waals surface area (Å²) in [6.07, 6.45) is 5.13. The highest BCUT2D eigenvalue weighted by Gasteiger charge is 2.30. The Morgan fingerprint density at radius 1 is 0.881 bits per heavy atom. The predicted molar refractivity (Wildman–Crippen MR) is 157 cm³/mol. The van der Waals surface area contributed by atoms with Crippen molar-refractivity contribution in [3.05, 3.63) is 54.1 Å². The number of nitrogens with zero attached hydrogens (tertiary/aromatic N) is 2. The van der Waals surface area contributed by atoms with Gasteiger partial charge in [-0.1, -0.05) is 36.8 Å². The summed E-state index contributed by atoms with van der Waals surface area (Å²) >= 11 is 0.